The molecular formula is C16H13N5. The van der Waals surface area contributed by atoms with Crippen molar-refractivity contribution < 1.29 is 0 Å². The van der Waals surface area contributed by atoms with Gasteiger partial charge in [-0.05, 0) is 24.3 Å². The van der Waals surface area contributed by atoms with Gasteiger partial charge in [0.15, 0.2) is 5.82 Å². The lowest BCUT2D eigenvalue weighted by molar-refractivity contribution is 0.924. The van der Waals surface area contributed by atoms with Gasteiger partial charge in [0, 0.05) is 19.4 Å². The summed E-state index contributed by atoms with van der Waals surface area (Å²) in [6.45, 7) is 0. The Kier molecular flexibility index (Phi) is 3.36. The highest BCUT2D eigenvalue weighted by atomic mass is 15.1. The number of nitrogens with one attached hydrogen (secondary N) is 1. The van der Waals surface area contributed by atoms with Gasteiger partial charge >= 0.3 is 0 Å². The number of hydrogen-bond acceptors (Lipinski definition) is 4. The van der Waals surface area contributed by atoms with E-state index < -0.39 is 0 Å². The number of nitriles is 1. The van der Waals surface area contributed by atoms with Crippen LogP contribution in [0.1, 0.15) is 5.82 Å². The number of aryl methyl sites for hydroxylation is 1. The van der Waals surface area contributed by atoms with Gasteiger partial charge in [0.05, 0.1) is 11.0 Å². The molecule has 5 nitrogen and oxygen atoms in total. The molecule has 0 radical (unpaired) electrons. The van der Waals surface area contributed by atoms with Crippen molar-refractivity contribution in [3.8, 4) is 6.07 Å². The van der Waals surface area contributed by atoms with Gasteiger partial charge in [0.2, 0.25) is 0 Å². The van der Waals surface area contributed by atoms with Crippen LogP contribution in [0, 0.1) is 11.3 Å². The first-order chi connectivity index (χ1) is 10.3. The van der Waals surface area contributed by atoms with Gasteiger partial charge in [-0.2, -0.15) is 5.26 Å². The second-order valence-corrected chi connectivity index (χ2v) is 4.51. The molecule has 0 atom stereocenters. The van der Waals surface area contributed by atoms with E-state index in [1.165, 1.54) is 0 Å². The highest BCUT2D eigenvalue weighted by Crippen LogP contribution is 2.19. The molecule has 2 heterocycles. The minimum atomic E-state index is 0.458. The van der Waals surface area contributed by atoms with Crippen molar-refractivity contribution in [1.82, 2.24) is 14.5 Å². The van der Waals surface area contributed by atoms with Crippen LogP contribution in [0.15, 0.2) is 54.9 Å². The molecule has 0 unspecified atom stereocenters. The van der Waals surface area contributed by atoms with Crippen molar-refractivity contribution in [1.29, 1.82) is 5.26 Å². The molecule has 0 amide bonds. The third kappa shape index (κ3) is 2.47. The molecule has 0 saturated heterocycles. The summed E-state index contributed by atoms with van der Waals surface area (Å²) in [6, 6.07) is 15.5. The fourth-order valence-corrected chi connectivity index (χ4v) is 2.13. The van der Waals surface area contributed by atoms with Gasteiger partial charge in [-0.15, -0.1) is 0 Å². The predicted octanol–water partition coefficient (Wildman–Crippen LogP) is 2.94. The standard InChI is InChI=1S/C16H13N5/c1-21-14-7-3-2-6-13(14)20-16(21)12(10-17)11-19-15-8-4-5-9-18-15/h2-9,11H,1H3,(H,18,19)/b12-11+. The Bertz CT molecular complexity index is 840. The van der Waals surface area contributed by atoms with Gasteiger partial charge in [0.1, 0.15) is 17.5 Å². The van der Waals surface area contributed by atoms with Gasteiger partial charge in [-0.25, -0.2) is 9.97 Å². The smallest absolute Gasteiger partial charge is 0.153 e. The third-order valence-electron chi connectivity index (χ3n) is 3.18. The fraction of sp³-hybridized carbons (Fsp3) is 0.0625. The summed E-state index contributed by atoms with van der Waals surface area (Å²) in [5.41, 5.74) is 2.32. The normalized spacial score (nSPS) is 11.3. The Balaban J connectivity index is 1.99. The molecule has 5 heteroatoms. The number of fused-ring (bicyclic) bond motifs is 1. The Hall–Kier alpha value is -3.13. The van der Waals surface area contributed by atoms with Crippen molar-refractivity contribution >= 4 is 22.4 Å². The van der Waals surface area contributed by atoms with Crippen LogP contribution in [0.25, 0.3) is 16.6 Å². The number of imidazole rings is 1. The zero-order valence-corrected chi connectivity index (χ0v) is 11.5. The number of pyridine rings is 1. The van der Waals surface area contributed by atoms with E-state index in [9.17, 15) is 5.26 Å². The summed E-state index contributed by atoms with van der Waals surface area (Å²) in [7, 11) is 1.90. The lowest BCUT2D eigenvalue weighted by Crippen LogP contribution is -1.99. The Morgan fingerprint density at radius 3 is 2.76 bits per heavy atom. The van der Waals surface area contributed by atoms with E-state index in [0.717, 1.165) is 11.0 Å². The highest BCUT2D eigenvalue weighted by molar-refractivity contribution is 5.83. The zero-order chi connectivity index (χ0) is 14.7. The number of hydrogen-bond donors (Lipinski definition) is 1. The SMILES string of the molecule is Cn1c(/C(C#N)=C/Nc2ccccn2)nc2ccccc21. The molecule has 3 aromatic rings. The first-order valence-electron chi connectivity index (χ1n) is 6.49. The average molecular weight is 275 g/mol. The number of rotatable bonds is 3. The molecular weight excluding hydrogens is 262 g/mol. The first-order valence-corrected chi connectivity index (χ1v) is 6.49. The van der Waals surface area contributed by atoms with Gasteiger partial charge in [-0.1, -0.05) is 18.2 Å². The van der Waals surface area contributed by atoms with E-state index in [4.69, 9.17) is 0 Å². The third-order valence-corrected chi connectivity index (χ3v) is 3.18. The summed E-state index contributed by atoms with van der Waals surface area (Å²) in [4.78, 5) is 8.66. The molecule has 0 fully saturated rings. The molecule has 102 valence electrons. The van der Waals surface area contributed by atoms with Crippen molar-refractivity contribution in [2.45, 2.75) is 0 Å². The van der Waals surface area contributed by atoms with Gasteiger partial charge < -0.3 is 9.88 Å². The van der Waals surface area contributed by atoms with Crippen LogP contribution in [0.5, 0.6) is 0 Å². The van der Waals surface area contributed by atoms with Crippen LogP contribution in [-0.4, -0.2) is 14.5 Å². The van der Waals surface area contributed by atoms with E-state index in [2.05, 4.69) is 21.4 Å². The number of aromatic nitrogens is 3. The topological polar surface area (TPSA) is 66.5 Å². The van der Waals surface area contributed by atoms with Gasteiger partial charge in [0.25, 0.3) is 0 Å². The maximum absolute atomic E-state index is 9.38. The molecule has 0 aliphatic heterocycles. The molecule has 21 heavy (non-hydrogen) atoms. The summed E-state index contributed by atoms with van der Waals surface area (Å²) in [6.07, 6.45) is 3.32. The van der Waals surface area contributed by atoms with Gasteiger partial charge in [-0.3, -0.25) is 0 Å². The van der Waals surface area contributed by atoms with Crippen LogP contribution in [0.4, 0.5) is 5.82 Å². The van der Waals surface area contributed by atoms with E-state index in [-0.39, 0.29) is 0 Å². The summed E-state index contributed by atoms with van der Waals surface area (Å²) in [5, 5.41) is 12.4. The van der Waals surface area contributed by atoms with Crippen LogP contribution in [0.3, 0.4) is 0 Å². The molecule has 0 aliphatic carbocycles. The summed E-state index contributed by atoms with van der Waals surface area (Å²) < 4.78 is 1.91. The summed E-state index contributed by atoms with van der Waals surface area (Å²) in [5.74, 6) is 1.31. The molecule has 0 saturated carbocycles. The number of anilines is 1. The lowest BCUT2D eigenvalue weighted by atomic mass is 10.3. The predicted molar refractivity (Wildman–Crippen MR) is 82.2 cm³/mol. The molecule has 3 rings (SSSR count). The highest BCUT2D eigenvalue weighted by Gasteiger charge is 2.11. The van der Waals surface area contributed by atoms with E-state index in [1.807, 2.05) is 54.1 Å². The van der Waals surface area contributed by atoms with Crippen molar-refractivity contribution in [2.75, 3.05) is 5.32 Å². The fourth-order valence-electron chi connectivity index (χ4n) is 2.13. The Labute approximate surface area is 122 Å². The second-order valence-electron chi connectivity index (χ2n) is 4.51. The Morgan fingerprint density at radius 1 is 1.24 bits per heavy atom. The molecule has 0 bridgehead atoms. The molecule has 0 aliphatic rings. The minimum absolute atomic E-state index is 0.458. The quantitative estimate of drug-likeness (QED) is 0.746. The van der Waals surface area contributed by atoms with Crippen LogP contribution in [0.2, 0.25) is 0 Å². The van der Waals surface area contributed by atoms with Crippen LogP contribution >= 0.6 is 0 Å². The molecule has 2 aromatic heterocycles. The van der Waals surface area contributed by atoms with E-state index >= 15 is 0 Å². The zero-order valence-electron chi connectivity index (χ0n) is 11.5. The average Bonchev–Trinajstić information content (AvgIpc) is 2.87. The van der Waals surface area contributed by atoms with Crippen LogP contribution < -0.4 is 5.32 Å². The number of para-hydroxylation sites is 2. The monoisotopic (exact) mass is 275 g/mol. The second kappa shape index (κ2) is 5.47. The first kappa shape index (κ1) is 12.9. The maximum Gasteiger partial charge on any atom is 0.153 e. The van der Waals surface area contributed by atoms with Crippen molar-refractivity contribution in [3.63, 3.8) is 0 Å². The number of nitrogens with zero attached hydrogens (tertiary/aromatic N) is 4. The lowest BCUT2D eigenvalue weighted by Gasteiger charge is -2.02. The van der Waals surface area contributed by atoms with E-state index in [1.54, 1.807) is 12.4 Å². The van der Waals surface area contributed by atoms with E-state index in [0.29, 0.717) is 17.2 Å². The number of benzene rings is 1. The molecule has 1 N–H and O–H groups in total. The number of allylic oxidation sites excluding steroid dienone is 1. The van der Waals surface area contributed by atoms with Crippen molar-refractivity contribution in [2.24, 2.45) is 7.05 Å². The largest absolute Gasteiger partial charge is 0.345 e. The molecule has 0 spiro atoms. The Morgan fingerprint density at radius 2 is 2.05 bits per heavy atom. The maximum atomic E-state index is 9.38. The van der Waals surface area contributed by atoms with Crippen LogP contribution in [-0.2, 0) is 7.05 Å². The molecule has 1 aromatic carbocycles. The minimum Gasteiger partial charge on any atom is -0.345 e. The van der Waals surface area contributed by atoms with Crippen molar-refractivity contribution in [3.05, 3.63) is 60.7 Å². The summed E-state index contributed by atoms with van der Waals surface area (Å²) >= 11 is 0.